The second-order valence-electron chi connectivity index (χ2n) is 5.00. The molecule has 104 valence electrons. The van der Waals surface area contributed by atoms with Crippen molar-refractivity contribution in [3.8, 4) is 0 Å². The lowest BCUT2D eigenvalue weighted by molar-refractivity contribution is 0.532. The molecule has 1 aliphatic heterocycles. The van der Waals surface area contributed by atoms with Gasteiger partial charge in [-0.2, -0.15) is 0 Å². The molecule has 0 fully saturated rings. The molecule has 4 heteroatoms. The molecule has 0 bridgehead atoms. The Kier molecular flexibility index (Phi) is 4.11. The molecule has 0 atom stereocenters. The smallest absolute Gasteiger partial charge is 0.158 e. The largest absolute Gasteiger partial charge is 0.461 e. The summed E-state index contributed by atoms with van der Waals surface area (Å²) in [6.07, 6.45) is 6.33. The number of aliphatic imine (C=N–C) groups is 1. The second-order valence-corrected chi connectivity index (χ2v) is 6.00. The van der Waals surface area contributed by atoms with Crippen LogP contribution >= 0.6 is 11.8 Å². The summed E-state index contributed by atoms with van der Waals surface area (Å²) in [6, 6.07) is 10.3. The van der Waals surface area contributed by atoms with Crippen LogP contribution in [0.3, 0.4) is 0 Å². The number of rotatable bonds is 5. The molecule has 0 saturated heterocycles. The first-order chi connectivity index (χ1) is 9.81. The third kappa shape index (κ3) is 3.25. The standard InChI is InChI=1S/C16H18N2OS/c17-16-18-10-12(11-20-16)5-1-3-7-14-9-13-6-2-4-8-15(13)19-14/h2,4,6,8-10H,1,3,5,7,11H2,(H2,17,18). The second kappa shape index (κ2) is 6.18. The lowest BCUT2D eigenvalue weighted by atomic mass is 10.1. The summed E-state index contributed by atoms with van der Waals surface area (Å²) < 4.78 is 5.82. The molecule has 1 aromatic carbocycles. The molecule has 2 N–H and O–H groups in total. The third-order valence-corrected chi connectivity index (χ3v) is 4.34. The van der Waals surface area contributed by atoms with Crippen molar-refractivity contribution in [3.63, 3.8) is 0 Å². The first-order valence-corrected chi connectivity index (χ1v) is 7.91. The van der Waals surface area contributed by atoms with E-state index in [-0.39, 0.29) is 0 Å². The minimum atomic E-state index is 0.677. The third-order valence-electron chi connectivity index (χ3n) is 3.43. The molecule has 0 spiro atoms. The molecule has 1 aromatic heterocycles. The van der Waals surface area contributed by atoms with Gasteiger partial charge in [-0.1, -0.05) is 30.0 Å². The number of benzene rings is 1. The number of fused-ring (bicyclic) bond motifs is 1. The lowest BCUT2D eigenvalue weighted by Crippen LogP contribution is -2.10. The molecule has 0 amide bonds. The number of hydrogen-bond donors (Lipinski definition) is 1. The van der Waals surface area contributed by atoms with Gasteiger partial charge in [0, 0.05) is 23.8 Å². The van der Waals surface area contributed by atoms with Crippen LogP contribution in [0.25, 0.3) is 11.0 Å². The summed E-state index contributed by atoms with van der Waals surface area (Å²) in [7, 11) is 0. The number of amidine groups is 1. The summed E-state index contributed by atoms with van der Waals surface area (Å²) in [5.41, 5.74) is 7.99. The van der Waals surface area contributed by atoms with Gasteiger partial charge in [-0.15, -0.1) is 0 Å². The number of para-hydroxylation sites is 1. The Morgan fingerprint density at radius 2 is 2.05 bits per heavy atom. The Bertz CT molecular complexity index is 624. The van der Waals surface area contributed by atoms with Gasteiger partial charge in [0.05, 0.1) is 0 Å². The zero-order valence-electron chi connectivity index (χ0n) is 11.3. The highest BCUT2D eigenvalue weighted by molar-refractivity contribution is 8.14. The van der Waals surface area contributed by atoms with Gasteiger partial charge in [-0.05, 0) is 37.0 Å². The molecule has 0 saturated carbocycles. The quantitative estimate of drug-likeness (QED) is 0.842. The maximum absolute atomic E-state index is 5.82. The Morgan fingerprint density at radius 3 is 2.85 bits per heavy atom. The van der Waals surface area contributed by atoms with Crippen molar-refractivity contribution in [1.29, 1.82) is 0 Å². The first-order valence-electron chi connectivity index (χ1n) is 6.93. The van der Waals surface area contributed by atoms with Crippen molar-refractivity contribution >= 4 is 27.9 Å². The van der Waals surface area contributed by atoms with E-state index in [1.807, 2.05) is 24.4 Å². The van der Waals surface area contributed by atoms with E-state index in [2.05, 4.69) is 17.1 Å². The molecule has 2 heterocycles. The molecule has 1 aliphatic rings. The predicted molar refractivity (Wildman–Crippen MR) is 85.9 cm³/mol. The normalized spacial score (nSPS) is 15.2. The van der Waals surface area contributed by atoms with Crippen LogP contribution in [0, 0.1) is 0 Å². The Labute approximate surface area is 122 Å². The lowest BCUT2D eigenvalue weighted by Gasteiger charge is -2.09. The van der Waals surface area contributed by atoms with Crippen molar-refractivity contribution < 1.29 is 4.42 Å². The molecule has 20 heavy (non-hydrogen) atoms. The maximum Gasteiger partial charge on any atom is 0.158 e. The van der Waals surface area contributed by atoms with Crippen LogP contribution in [0.2, 0.25) is 0 Å². The summed E-state index contributed by atoms with van der Waals surface area (Å²) in [4.78, 5) is 4.15. The topological polar surface area (TPSA) is 51.5 Å². The summed E-state index contributed by atoms with van der Waals surface area (Å²) in [6.45, 7) is 0. The van der Waals surface area contributed by atoms with E-state index in [1.165, 1.54) is 17.4 Å². The van der Waals surface area contributed by atoms with Crippen molar-refractivity contribution in [1.82, 2.24) is 0 Å². The number of unbranched alkanes of at least 4 members (excludes halogenated alkanes) is 1. The van der Waals surface area contributed by atoms with Crippen molar-refractivity contribution in [2.45, 2.75) is 25.7 Å². The molecule has 2 aromatic rings. The highest BCUT2D eigenvalue weighted by Gasteiger charge is 2.06. The first kappa shape index (κ1) is 13.3. The average Bonchev–Trinajstić information content (AvgIpc) is 2.88. The van der Waals surface area contributed by atoms with E-state index in [1.54, 1.807) is 11.8 Å². The Hall–Kier alpha value is -1.68. The van der Waals surface area contributed by atoms with Crippen LogP contribution in [0.15, 0.2) is 51.5 Å². The highest BCUT2D eigenvalue weighted by Crippen LogP contribution is 2.22. The average molecular weight is 286 g/mol. The molecule has 3 nitrogen and oxygen atoms in total. The number of nitrogens with zero attached hydrogens (tertiary/aromatic N) is 1. The van der Waals surface area contributed by atoms with Crippen LogP contribution in [-0.2, 0) is 6.42 Å². The molecule has 0 aliphatic carbocycles. The van der Waals surface area contributed by atoms with Gasteiger partial charge in [0.15, 0.2) is 5.17 Å². The van der Waals surface area contributed by atoms with E-state index < -0.39 is 0 Å². The highest BCUT2D eigenvalue weighted by atomic mass is 32.2. The number of aryl methyl sites for hydroxylation is 1. The minimum Gasteiger partial charge on any atom is -0.461 e. The fourth-order valence-electron chi connectivity index (χ4n) is 2.34. The number of furan rings is 1. The summed E-state index contributed by atoms with van der Waals surface area (Å²) in [5.74, 6) is 2.07. The van der Waals surface area contributed by atoms with E-state index in [4.69, 9.17) is 10.2 Å². The van der Waals surface area contributed by atoms with Gasteiger partial charge in [0.1, 0.15) is 11.3 Å². The van der Waals surface area contributed by atoms with Crippen molar-refractivity contribution in [3.05, 3.63) is 47.9 Å². The van der Waals surface area contributed by atoms with Crippen molar-refractivity contribution in [2.75, 3.05) is 5.75 Å². The fraction of sp³-hybridized carbons (Fsp3) is 0.312. The Balaban J connectivity index is 1.48. The Morgan fingerprint density at radius 1 is 1.20 bits per heavy atom. The molecular weight excluding hydrogens is 268 g/mol. The number of nitrogens with two attached hydrogens (primary N) is 1. The van der Waals surface area contributed by atoms with Gasteiger partial charge < -0.3 is 10.2 Å². The van der Waals surface area contributed by atoms with Gasteiger partial charge in [-0.3, -0.25) is 0 Å². The molecule has 3 rings (SSSR count). The number of hydrogen-bond acceptors (Lipinski definition) is 4. The monoisotopic (exact) mass is 286 g/mol. The maximum atomic E-state index is 5.82. The van der Waals surface area contributed by atoms with Gasteiger partial charge >= 0.3 is 0 Å². The summed E-state index contributed by atoms with van der Waals surface area (Å²) >= 11 is 1.62. The van der Waals surface area contributed by atoms with E-state index in [0.717, 1.165) is 36.4 Å². The summed E-state index contributed by atoms with van der Waals surface area (Å²) in [5, 5.41) is 1.87. The van der Waals surface area contributed by atoms with Crippen LogP contribution in [-0.4, -0.2) is 10.9 Å². The van der Waals surface area contributed by atoms with Gasteiger partial charge in [0.2, 0.25) is 0 Å². The van der Waals surface area contributed by atoms with Gasteiger partial charge in [0.25, 0.3) is 0 Å². The number of thioether (sulfide) groups is 1. The van der Waals surface area contributed by atoms with E-state index >= 15 is 0 Å². The van der Waals surface area contributed by atoms with Crippen LogP contribution < -0.4 is 5.73 Å². The SMILES string of the molecule is NC1=NC=C(CCCCc2cc3ccccc3o2)CS1. The molecule has 0 radical (unpaired) electrons. The minimum absolute atomic E-state index is 0.677. The fourth-order valence-corrected chi connectivity index (χ4v) is 3.02. The van der Waals surface area contributed by atoms with Crippen molar-refractivity contribution in [2.24, 2.45) is 10.7 Å². The van der Waals surface area contributed by atoms with E-state index in [9.17, 15) is 0 Å². The van der Waals surface area contributed by atoms with Crippen LogP contribution in [0.4, 0.5) is 0 Å². The van der Waals surface area contributed by atoms with Gasteiger partial charge in [-0.25, -0.2) is 4.99 Å². The molecule has 0 unspecified atom stereocenters. The van der Waals surface area contributed by atoms with E-state index in [0.29, 0.717) is 5.17 Å². The zero-order valence-corrected chi connectivity index (χ0v) is 12.2. The predicted octanol–water partition coefficient (Wildman–Crippen LogP) is 4.09. The van der Waals surface area contributed by atoms with Crippen LogP contribution in [0.1, 0.15) is 25.0 Å². The molecular formula is C16H18N2OS. The zero-order chi connectivity index (χ0) is 13.8. The van der Waals surface area contributed by atoms with Crippen LogP contribution in [0.5, 0.6) is 0 Å².